The molecule has 0 bridgehead atoms. The Hall–Kier alpha value is -2.35. The van der Waals surface area contributed by atoms with Crippen LogP contribution in [0.3, 0.4) is 0 Å². The van der Waals surface area contributed by atoms with Gasteiger partial charge in [-0.1, -0.05) is 57.7 Å². The van der Waals surface area contributed by atoms with E-state index < -0.39 is 26.6 Å². The molecule has 1 heterocycles. The summed E-state index contributed by atoms with van der Waals surface area (Å²) in [5.74, 6) is 0. The highest BCUT2D eigenvalue weighted by atomic mass is 28.4. The molecule has 0 fully saturated rings. The Kier molecular flexibility index (Phi) is 8.38. The zero-order chi connectivity index (χ0) is 25.0. The van der Waals surface area contributed by atoms with Crippen molar-refractivity contribution in [2.45, 2.75) is 70.4 Å². The Morgan fingerprint density at radius 1 is 1.21 bits per heavy atom. The van der Waals surface area contributed by atoms with Crippen LogP contribution in [-0.4, -0.2) is 43.3 Å². The van der Waals surface area contributed by atoms with Crippen molar-refractivity contribution in [1.29, 1.82) is 0 Å². The average molecular weight is 473 g/mol. The lowest BCUT2D eigenvalue weighted by Gasteiger charge is -2.41. The molecule has 0 saturated heterocycles. The first-order chi connectivity index (χ1) is 15.3. The molecule has 182 valence electrons. The van der Waals surface area contributed by atoms with Gasteiger partial charge in [0.05, 0.1) is 24.3 Å². The second-order valence-corrected chi connectivity index (χ2v) is 15.2. The maximum atomic E-state index is 12.4. The van der Waals surface area contributed by atoms with Crippen molar-refractivity contribution in [2.75, 3.05) is 13.2 Å². The van der Waals surface area contributed by atoms with E-state index >= 15 is 0 Å². The molecule has 0 unspecified atom stereocenters. The van der Waals surface area contributed by atoms with Crippen LogP contribution in [0.4, 0.5) is 4.79 Å². The number of carbonyl (C=O) groups excluding carboxylic acids is 1. The van der Waals surface area contributed by atoms with Crippen LogP contribution in [0.1, 0.15) is 46.3 Å². The van der Waals surface area contributed by atoms with Crippen LogP contribution in [0.5, 0.6) is 0 Å². The highest BCUT2D eigenvalue weighted by molar-refractivity contribution is 6.74. The fourth-order valence-corrected chi connectivity index (χ4v) is 4.69. The summed E-state index contributed by atoms with van der Waals surface area (Å²) >= 11 is 0. The van der Waals surface area contributed by atoms with Crippen LogP contribution in [0.25, 0.3) is 10.9 Å². The third kappa shape index (κ3) is 5.96. The number of aliphatic hydroxyl groups is 1. The number of nitrogens with zero attached hydrogens (tertiary/aromatic N) is 1. The summed E-state index contributed by atoms with van der Waals surface area (Å²) in [7, 11) is -2.29. The van der Waals surface area contributed by atoms with Crippen molar-refractivity contribution >= 4 is 25.3 Å². The minimum Gasteiger partial charge on any atom is -0.445 e. The van der Waals surface area contributed by atoms with E-state index in [1.165, 1.54) is 6.08 Å². The highest BCUT2D eigenvalue weighted by Gasteiger charge is 2.42. The molecule has 2 aromatic rings. The Morgan fingerprint density at radius 2 is 1.85 bits per heavy atom. The van der Waals surface area contributed by atoms with E-state index in [0.29, 0.717) is 0 Å². The van der Waals surface area contributed by atoms with Gasteiger partial charge in [-0.15, -0.1) is 6.58 Å². The van der Waals surface area contributed by atoms with Crippen LogP contribution < -0.4 is 5.32 Å². The van der Waals surface area contributed by atoms with Crippen molar-refractivity contribution in [3.63, 3.8) is 0 Å². The lowest BCUT2D eigenvalue weighted by Crippen LogP contribution is -2.49. The molecule has 1 aromatic carbocycles. The fourth-order valence-electron chi connectivity index (χ4n) is 3.41. The number of allylic oxidation sites excluding steroid dienone is 1. The molecule has 6 nitrogen and oxygen atoms in total. The van der Waals surface area contributed by atoms with E-state index in [4.69, 9.17) is 9.16 Å². The molecule has 0 aliphatic carbocycles. The number of hydrogen-bond acceptors (Lipinski definition) is 4. The van der Waals surface area contributed by atoms with Gasteiger partial charge in [-0.2, -0.15) is 0 Å². The van der Waals surface area contributed by atoms with Gasteiger partial charge in [-0.3, -0.25) is 0 Å². The van der Waals surface area contributed by atoms with Gasteiger partial charge in [0.25, 0.3) is 0 Å². The summed E-state index contributed by atoms with van der Waals surface area (Å²) < 4.78 is 14.2. The van der Waals surface area contributed by atoms with E-state index in [9.17, 15) is 9.90 Å². The molecule has 33 heavy (non-hydrogen) atoms. The van der Waals surface area contributed by atoms with E-state index in [1.807, 2.05) is 24.3 Å². The molecule has 1 amide bonds. The number of alkyl carbamates (subject to hydrolysis) is 1. The van der Waals surface area contributed by atoms with Crippen LogP contribution in [0, 0.1) is 0 Å². The second kappa shape index (κ2) is 10.3. The maximum absolute atomic E-state index is 12.4. The quantitative estimate of drug-likeness (QED) is 0.334. The number of aromatic nitrogens is 1. The normalized spacial score (nSPS) is 14.5. The Morgan fingerprint density at radius 3 is 2.39 bits per heavy atom. The first-order valence-electron chi connectivity index (χ1n) is 11.4. The lowest BCUT2D eigenvalue weighted by molar-refractivity contribution is 0.0873. The first kappa shape index (κ1) is 26.9. The number of fused-ring (bicyclic) bond motifs is 1. The number of nitrogens with one attached hydrogen (secondary N) is 1. The standard InChI is InChI=1S/C26H40N2O4Si/c1-10-16-31-24(30)27-21(18-29)23(32-33(8,9)25(3,4)5)20-17-28(26(6,7)11-2)22-15-13-12-14-19(20)22/h10-15,17,21,23,29H,1-2,16,18H2,3-9H3,(H,27,30)/t21-,23-/m1/s1. The molecule has 1 aromatic heterocycles. The van der Waals surface area contributed by atoms with E-state index in [0.717, 1.165) is 16.5 Å². The molecule has 2 N–H and O–H groups in total. The monoisotopic (exact) mass is 472 g/mol. The van der Waals surface area contributed by atoms with Gasteiger partial charge in [0.15, 0.2) is 8.32 Å². The molecular formula is C26H40N2O4Si. The van der Waals surface area contributed by atoms with E-state index in [2.05, 4.69) is 83.0 Å². The van der Waals surface area contributed by atoms with Crippen molar-refractivity contribution in [3.05, 3.63) is 61.3 Å². The molecule has 7 heteroatoms. The van der Waals surface area contributed by atoms with Gasteiger partial charge in [0.2, 0.25) is 0 Å². The number of carbonyl (C=O) groups is 1. The smallest absolute Gasteiger partial charge is 0.407 e. The summed E-state index contributed by atoms with van der Waals surface area (Å²) in [6.07, 6.45) is 4.28. The molecule has 2 rings (SSSR count). The van der Waals surface area contributed by atoms with Gasteiger partial charge < -0.3 is 24.2 Å². The number of amides is 1. The minimum atomic E-state index is -2.29. The average Bonchev–Trinajstić information content (AvgIpc) is 3.14. The summed E-state index contributed by atoms with van der Waals surface area (Å²) in [6, 6.07) is 7.41. The van der Waals surface area contributed by atoms with Crippen LogP contribution in [-0.2, 0) is 14.7 Å². The van der Waals surface area contributed by atoms with Crippen LogP contribution in [0.15, 0.2) is 55.8 Å². The van der Waals surface area contributed by atoms with E-state index in [-0.39, 0.29) is 23.8 Å². The molecule has 0 radical (unpaired) electrons. The fraction of sp³-hybridized carbons (Fsp3) is 0.500. The number of para-hydroxylation sites is 1. The predicted molar refractivity (Wildman–Crippen MR) is 138 cm³/mol. The SMILES string of the molecule is C=CCOC(=O)N[C@H](CO)[C@H](O[Si](C)(C)C(C)(C)C)c1cn(C(C)(C)C=C)c2ccccc12. The molecule has 0 saturated carbocycles. The summed E-state index contributed by atoms with van der Waals surface area (Å²) in [6.45, 7) is 22.4. The van der Waals surface area contributed by atoms with Crippen molar-refractivity contribution in [2.24, 2.45) is 0 Å². The second-order valence-electron chi connectivity index (χ2n) is 10.4. The summed E-state index contributed by atoms with van der Waals surface area (Å²) in [4.78, 5) is 12.4. The number of aliphatic hydroxyl groups excluding tert-OH is 1. The van der Waals surface area contributed by atoms with Gasteiger partial charge in [0, 0.05) is 22.7 Å². The lowest BCUT2D eigenvalue weighted by atomic mass is 10.0. The first-order valence-corrected chi connectivity index (χ1v) is 14.3. The van der Waals surface area contributed by atoms with Gasteiger partial charge in [0.1, 0.15) is 6.61 Å². The van der Waals surface area contributed by atoms with Crippen LogP contribution >= 0.6 is 0 Å². The third-order valence-corrected chi connectivity index (χ3v) is 11.1. The van der Waals surface area contributed by atoms with E-state index in [1.54, 1.807) is 0 Å². The van der Waals surface area contributed by atoms with Gasteiger partial charge in [-0.25, -0.2) is 4.79 Å². The molecule has 0 aliphatic rings. The third-order valence-electron chi connectivity index (χ3n) is 6.60. The number of ether oxygens (including phenoxy) is 1. The Bertz CT molecular complexity index is 988. The van der Waals surface area contributed by atoms with Crippen molar-refractivity contribution in [1.82, 2.24) is 9.88 Å². The van der Waals surface area contributed by atoms with Gasteiger partial charge >= 0.3 is 6.09 Å². The number of hydrogen-bond donors (Lipinski definition) is 2. The van der Waals surface area contributed by atoms with Crippen molar-refractivity contribution < 1.29 is 19.1 Å². The molecular weight excluding hydrogens is 432 g/mol. The number of rotatable bonds is 10. The summed E-state index contributed by atoms with van der Waals surface area (Å²) in [5, 5.41) is 14.1. The zero-order valence-electron chi connectivity index (χ0n) is 21.1. The largest absolute Gasteiger partial charge is 0.445 e. The zero-order valence-corrected chi connectivity index (χ0v) is 22.1. The van der Waals surface area contributed by atoms with Crippen molar-refractivity contribution in [3.8, 4) is 0 Å². The predicted octanol–water partition coefficient (Wildman–Crippen LogP) is 5.90. The highest BCUT2D eigenvalue weighted by Crippen LogP contribution is 2.42. The minimum absolute atomic E-state index is 0.0621. The summed E-state index contributed by atoms with van der Waals surface area (Å²) in [5.41, 5.74) is 1.60. The maximum Gasteiger partial charge on any atom is 0.407 e. The molecule has 0 aliphatic heterocycles. The number of benzene rings is 1. The Labute approximate surface area is 199 Å². The molecule has 0 spiro atoms. The van der Waals surface area contributed by atoms with Crippen LogP contribution in [0.2, 0.25) is 18.1 Å². The molecule has 2 atom stereocenters. The topological polar surface area (TPSA) is 72.7 Å². The Balaban J connectivity index is 2.67. The van der Waals surface area contributed by atoms with Gasteiger partial charge in [-0.05, 0) is 38.0 Å².